The number of hydrogen-bond acceptors (Lipinski definition) is 7. The highest BCUT2D eigenvalue weighted by molar-refractivity contribution is 7.13. The van der Waals surface area contributed by atoms with Crippen molar-refractivity contribution in [2.24, 2.45) is 0 Å². The number of amides is 1. The van der Waals surface area contributed by atoms with Crippen molar-refractivity contribution in [1.29, 1.82) is 5.26 Å². The molecule has 29 heavy (non-hydrogen) atoms. The van der Waals surface area contributed by atoms with Crippen molar-refractivity contribution in [3.05, 3.63) is 47.1 Å². The maximum absolute atomic E-state index is 12.5. The summed E-state index contributed by atoms with van der Waals surface area (Å²) in [6, 6.07) is 9.63. The number of nitrogens with zero attached hydrogens (tertiary/aromatic N) is 4. The maximum atomic E-state index is 12.5. The molecule has 8 nitrogen and oxygen atoms in total. The lowest BCUT2D eigenvalue weighted by Crippen LogP contribution is -2.36. The van der Waals surface area contributed by atoms with Gasteiger partial charge in [0, 0.05) is 17.5 Å². The molecule has 0 atom stereocenters. The van der Waals surface area contributed by atoms with E-state index in [0.717, 1.165) is 36.5 Å². The summed E-state index contributed by atoms with van der Waals surface area (Å²) in [7, 11) is 2.14. The molecular weight excluding hydrogens is 386 g/mol. The third kappa shape index (κ3) is 4.62. The van der Waals surface area contributed by atoms with Gasteiger partial charge in [0.1, 0.15) is 23.3 Å². The molecule has 1 aliphatic heterocycles. The molecule has 148 valence electrons. The van der Waals surface area contributed by atoms with Gasteiger partial charge >= 0.3 is 0 Å². The van der Waals surface area contributed by atoms with Crippen LogP contribution in [0.25, 0.3) is 10.6 Å². The second-order valence-electron chi connectivity index (χ2n) is 7.09. The number of rotatable bonds is 5. The summed E-state index contributed by atoms with van der Waals surface area (Å²) >= 11 is 1.43. The van der Waals surface area contributed by atoms with Crippen LogP contribution < -0.4 is 10.6 Å². The van der Waals surface area contributed by atoms with Crippen LogP contribution in [-0.4, -0.2) is 52.2 Å². The third-order valence-corrected chi connectivity index (χ3v) is 5.85. The molecule has 1 saturated heterocycles. The molecule has 0 spiro atoms. The first-order valence-electron chi connectivity index (χ1n) is 9.37. The number of nitrogens with one attached hydrogen (secondary N) is 3. The highest BCUT2D eigenvalue weighted by Crippen LogP contribution is 2.27. The number of anilines is 2. The first-order chi connectivity index (χ1) is 14.1. The Hall–Kier alpha value is -3.22. The van der Waals surface area contributed by atoms with E-state index in [1.165, 1.54) is 11.3 Å². The van der Waals surface area contributed by atoms with Gasteiger partial charge in [-0.3, -0.25) is 9.89 Å². The van der Waals surface area contributed by atoms with E-state index >= 15 is 0 Å². The summed E-state index contributed by atoms with van der Waals surface area (Å²) in [5.41, 5.74) is 2.53. The van der Waals surface area contributed by atoms with Crippen LogP contribution in [0.15, 0.2) is 35.8 Å². The molecule has 3 aromatic rings. The van der Waals surface area contributed by atoms with Gasteiger partial charge in [-0.2, -0.15) is 10.4 Å². The highest BCUT2D eigenvalue weighted by Gasteiger charge is 2.17. The van der Waals surface area contributed by atoms with Crippen molar-refractivity contribution >= 4 is 28.7 Å². The minimum absolute atomic E-state index is 0.310. The molecule has 0 bridgehead atoms. The van der Waals surface area contributed by atoms with Gasteiger partial charge in [-0.15, -0.1) is 11.3 Å². The molecule has 4 heterocycles. The van der Waals surface area contributed by atoms with E-state index in [1.54, 1.807) is 29.8 Å². The normalized spacial score (nSPS) is 15.0. The monoisotopic (exact) mass is 407 g/mol. The standard InChI is InChI=1S/C20H21N7OS/c1-27-6-4-14(5-7-27)23-15-2-3-16(22-11-15)20(28)24-19-9-17(25-26-19)18-8-13(10-21)12-29-18/h2-3,8-9,11-12,14,23H,4-7H2,1H3,(H2,24,25,26,28). The number of aromatic nitrogens is 3. The summed E-state index contributed by atoms with van der Waals surface area (Å²) in [6.45, 7) is 2.17. The summed E-state index contributed by atoms with van der Waals surface area (Å²) in [5.74, 6) is 0.169. The first-order valence-corrected chi connectivity index (χ1v) is 10.3. The van der Waals surface area contributed by atoms with E-state index in [0.29, 0.717) is 28.8 Å². The summed E-state index contributed by atoms with van der Waals surface area (Å²) in [6.07, 6.45) is 3.89. The highest BCUT2D eigenvalue weighted by atomic mass is 32.1. The number of pyridine rings is 1. The van der Waals surface area contributed by atoms with E-state index in [-0.39, 0.29) is 5.91 Å². The fourth-order valence-electron chi connectivity index (χ4n) is 3.23. The largest absolute Gasteiger partial charge is 0.381 e. The Bertz CT molecular complexity index is 1030. The molecule has 0 aromatic carbocycles. The molecule has 4 rings (SSSR count). The zero-order chi connectivity index (χ0) is 20.2. The van der Waals surface area contributed by atoms with Crippen LogP contribution in [-0.2, 0) is 0 Å². The van der Waals surface area contributed by atoms with E-state index < -0.39 is 0 Å². The van der Waals surface area contributed by atoms with Crippen molar-refractivity contribution in [2.75, 3.05) is 30.8 Å². The fourth-order valence-corrected chi connectivity index (χ4v) is 4.02. The van der Waals surface area contributed by atoms with E-state index in [4.69, 9.17) is 5.26 Å². The number of nitriles is 1. The number of H-pyrrole nitrogens is 1. The Kier molecular flexibility index (Phi) is 5.55. The third-order valence-electron chi connectivity index (χ3n) is 4.89. The second kappa shape index (κ2) is 8.43. The molecule has 1 aliphatic rings. The zero-order valence-corrected chi connectivity index (χ0v) is 16.8. The molecule has 0 radical (unpaired) electrons. The van der Waals surface area contributed by atoms with Crippen LogP contribution >= 0.6 is 11.3 Å². The lowest BCUT2D eigenvalue weighted by molar-refractivity contribution is 0.102. The van der Waals surface area contributed by atoms with E-state index in [9.17, 15) is 4.79 Å². The van der Waals surface area contributed by atoms with Crippen molar-refractivity contribution in [1.82, 2.24) is 20.1 Å². The topological polar surface area (TPSA) is 110 Å². The molecule has 0 unspecified atom stereocenters. The fraction of sp³-hybridized carbons (Fsp3) is 0.300. The second-order valence-corrected chi connectivity index (χ2v) is 8.00. The van der Waals surface area contributed by atoms with Crippen LogP contribution in [0, 0.1) is 11.3 Å². The predicted octanol–water partition coefficient (Wildman–Crippen LogP) is 3.16. The Balaban J connectivity index is 1.36. The summed E-state index contributed by atoms with van der Waals surface area (Å²) in [5, 5.41) is 23.9. The van der Waals surface area contributed by atoms with Crippen LogP contribution in [0.4, 0.5) is 11.5 Å². The van der Waals surface area contributed by atoms with E-state index in [1.807, 2.05) is 6.07 Å². The Morgan fingerprint density at radius 1 is 1.34 bits per heavy atom. The quantitative estimate of drug-likeness (QED) is 0.599. The van der Waals surface area contributed by atoms with Crippen LogP contribution in [0.5, 0.6) is 0 Å². The van der Waals surface area contributed by atoms with E-state index in [2.05, 4.69) is 43.8 Å². The number of carbonyl (C=O) groups excluding carboxylic acids is 1. The summed E-state index contributed by atoms with van der Waals surface area (Å²) < 4.78 is 0. The average Bonchev–Trinajstić information content (AvgIpc) is 3.39. The zero-order valence-electron chi connectivity index (χ0n) is 16.0. The molecule has 0 saturated carbocycles. The van der Waals surface area contributed by atoms with Crippen molar-refractivity contribution in [2.45, 2.75) is 18.9 Å². The molecular formula is C20H21N7OS. The molecule has 1 fully saturated rings. The minimum Gasteiger partial charge on any atom is -0.381 e. The van der Waals surface area contributed by atoms with Gasteiger partial charge in [0.15, 0.2) is 0 Å². The number of hydrogen-bond donors (Lipinski definition) is 3. The van der Waals surface area contributed by atoms with Crippen molar-refractivity contribution in [3.8, 4) is 16.6 Å². The molecule has 9 heteroatoms. The predicted molar refractivity (Wildman–Crippen MR) is 113 cm³/mol. The van der Waals surface area contributed by atoms with Gasteiger partial charge in [-0.25, -0.2) is 4.98 Å². The first kappa shape index (κ1) is 19.1. The Labute approximate surface area is 172 Å². The lowest BCUT2D eigenvalue weighted by Gasteiger charge is -2.30. The van der Waals surface area contributed by atoms with Crippen molar-refractivity contribution in [3.63, 3.8) is 0 Å². The van der Waals surface area contributed by atoms with Crippen LogP contribution in [0.1, 0.15) is 28.9 Å². The minimum atomic E-state index is -0.310. The Morgan fingerprint density at radius 2 is 2.17 bits per heavy atom. The number of likely N-dealkylation sites (tertiary alicyclic amines) is 1. The summed E-state index contributed by atoms with van der Waals surface area (Å²) in [4.78, 5) is 19.9. The van der Waals surface area contributed by atoms with Gasteiger partial charge < -0.3 is 15.5 Å². The number of aromatic amines is 1. The molecule has 3 aromatic heterocycles. The average molecular weight is 408 g/mol. The smallest absolute Gasteiger partial charge is 0.275 e. The van der Waals surface area contributed by atoms with Crippen LogP contribution in [0.3, 0.4) is 0 Å². The van der Waals surface area contributed by atoms with Crippen LogP contribution in [0.2, 0.25) is 0 Å². The lowest BCUT2D eigenvalue weighted by atomic mass is 10.1. The Morgan fingerprint density at radius 3 is 2.86 bits per heavy atom. The van der Waals surface area contributed by atoms with Crippen molar-refractivity contribution < 1.29 is 4.79 Å². The molecule has 3 N–H and O–H groups in total. The van der Waals surface area contributed by atoms with Gasteiger partial charge in [0.05, 0.1) is 22.3 Å². The number of carbonyl (C=O) groups is 1. The number of thiophene rings is 1. The molecule has 1 amide bonds. The van der Waals surface area contributed by atoms with Gasteiger partial charge in [0.2, 0.25) is 0 Å². The van der Waals surface area contributed by atoms with Gasteiger partial charge in [-0.05, 0) is 51.2 Å². The van der Waals surface area contributed by atoms with Gasteiger partial charge in [0.25, 0.3) is 5.91 Å². The maximum Gasteiger partial charge on any atom is 0.275 e. The molecule has 0 aliphatic carbocycles. The number of piperidine rings is 1. The SMILES string of the molecule is CN1CCC(Nc2ccc(C(=O)Nc3cc(-c4cc(C#N)cs4)n[nH]3)nc2)CC1. The van der Waals surface area contributed by atoms with Gasteiger partial charge in [-0.1, -0.05) is 0 Å².